The lowest BCUT2D eigenvalue weighted by molar-refractivity contribution is -0.384. The number of non-ortho nitro benzene ring substituents is 1. The molecular weight excluding hydrogens is 214 g/mol. The first kappa shape index (κ1) is 12.1. The van der Waals surface area contributed by atoms with Gasteiger partial charge in [0.15, 0.2) is 6.79 Å². The largest absolute Gasteiger partial charge is 0.430 e. The van der Waals surface area contributed by atoms with Gasteiger partial charge in [-0.25, -0.2) is 4.79 Å². The summed E-state index contributed by atoms with van der Waals surface area (Å²) in [5, 5.41) is 10.4. The Kier molecular flexibility index (Phi) is 4.94. The lowest BCUT2D eigenvalue weighted by Gasteiger charge is -2.02. The van der Waals surface area contributed by atoms with Crippen molar-refractivity contribution in [3.05, 3.63) is 39.9 Å². The van der Waals surface area contributed by atoms with Crippen LogP contribution in [0.1, 0.15) is 5.56 Å². The van der Waals surface area contributed by atoms with Gasteiger partial charge >= 0.3 is 6.47 Å². The molecule has 85 valence electrons. The van der Waals surface area contributed by atoms with Crippen LogP contribution in [0.25, 0.3) is 0 Å². The molecule has 6 heteroatoms. The molecule has 0 fully saturated rings. The molecule has 0 saturated heterocycles. The van der Waals surface area contributed by atoms with Crippen LogP contribution in [-0.2, 0) is 20.7 Å². The highest BCUT2D eigenvalue weighted by atomic mass is 16.7. The Hall–Kier alpha value is -1.95. The van der Waals surface area contributed by atoms with Crippen molar-refractivity contribution in [2.24, 2.45) is 0 Å². The fourth-order valence-electron chi connectivity index (χ4n) is 1.10. The van der Waals surface area contributed by atoms with Crippen molar-refractivity contribution in [3.63, 3.8) is 0 Å². The van der Waals surface area contributed by atoms with E-state index in [1.807, 2.05) is 0 Å². The van der Waals surface area contributed by atoms with Crippen LogP contribution in [0.5, 0.6) is 0 Å². The van der Waals surface area contributed by atoms with E-state index in [9.17, 15) is 14.9 Å². The second kappa shape index (κ2) is 6.52. The average Bonchev–Trinajstić information content (AvgIpc) is 2.29. The topological polar surface area (TPSA) is 78.7 Å². The summed E-state index contributed by atoms with van der Waals surface area (Å²) in [6.07, 6.45) is 0.597. The second-order valence-corrected chi connectivity index (χ2v) is 2.93. The molecule has 0 amide bonds. The fourth-order valence-corrected chi connectivity index (χ4v) is 1.10. The smallest absolute Gasteiger partial charge is 0.419 e. The molecule has 0 bridgehead atoms. The van der Waals surface area contributed by atoms with Gasteiger partial charge in [0.05, 0.1) is 11.5 Å². The fraction of sp³-hybridized carbons (Fsp3) is 0.300. The maximum atomic E-state index is 10.4. The summed E-state index contributed by atoms with van der Waals surface area (Å²) in [6.45, 7) is 1.48. The minimum atomic E-state index is -0.450. The van der Waals surface area contributed by atoms with E-state index in [4.69, 9.17) is 4.74 Å². The predicted octanol–water partition coefficient (Wildman–Crippen LogP) is 1.20. The van der Waals surface area contributed by atoms with Crippen molar-refractivity contribution in [1.29, 1.82) is 0 Å². The van der Waals surface area contributed by atoms with E-state index in [-0.39, 0.29) is 12.5 Å². The van der Waals surface area contributed by atoms with Gasteiger partial charge in [0.25, 0.3) is 5.69 Å². The highest BCUT2D eigenvalue weighted by Gasteiger charge is 2.03. The maximum absolute atomic E-state index is 10.4. The third-order valence-electron chi connectivity index (χ3n) is 1.88. The van der Waals surface area contributed by atoms with Crippen molar-refractivity contribution >= 4 is 12.2 Å². The molecular formula is C10H10NO5. The Balaban J connectivity index is 2.32. The van der Waals surface area contributed by atoms with Crippen LogP contribution in [0.15, 0.2) is 24.3 Å². The molecule has 16 heavy (non-hydrogen) atoms. The molecule has 0 unspecified atom stereocenters. The molecule has 0 aliphatic rings. The highest BCUT2D eigenvalue weighted by molar-refractivity contribution is 5.37. The normalized spacial score (nSPS) is 9.75. The number of nitro benzene ring substituents is 1. The summed E-state index contributed by atoms with van der Waals surface area (Å²) in [5.41, 5.74) is 0.976. The van der Waals surface area contributed by atoms with E-state index in [1.165, 1.54) is 18.6 Å². The number of ether oxygens (including phenoxy) is 2. The molecule has 0 heterocycles. The lowest BCUT2D eigenvalue weighted by Crippen LogP contribution is -2.02. The minimum Gasteiger partial charge on any atom is -0.430 e. The SMILES string of the molecule is O=[C]OCOCCc1ccc([N+](=O)[O-])cc1. The Morgan fingerprint density at radius 1 is 1.31 bits per heavy atom. The van der Waals surface area contributed by atoms with Gasteiger partial charge in [-0.15, -0.1) is 0 Å². The van der Waals surface area contributed by atoms with Gasteiger partial charge in [-0.2, -0.15) is 0 Å². The van der Waals surface area contributed by atoms with Gasteiger partial charge in [0, 0.05) is 12.1 Å². The zero-order valence-electron chi connectivity index (χ0n) is 8.42. The summed E-state index contributed by atoms with van der Waals surface area (Å²) < 4.78 is 9.14. The molecule has 0 aliphatic carbocycles. The lowest BCUT2D eigenvalue weighted by atomic mass is 10.1. The first-order chi connectivity index (χ1) is 7.74. The molecule has 1 rings (SSSR count). The van der Waals surface area contributed by atoms with E-state index in [0.29, 0.717) is 13.0 Å². The number of hydrogen-bond acceptors (Lipinski definition) is 5. The molecule has 1 radical (unpaired) electrons. The highest BCUT2D eigenvalue weighted by Crippen LogP contribution is 2.12. The number of nitro groups is 1. The first-order valence-electron chi connectivity index (χ1n) is 4.54. The number of nitrogens with zero attached hydrogens (tertiary/aromatic N) is 1. The average molecular weight is 224 g/mol. The molecule has 0 N–H and O–H groups in total. The summed E-state index contributed by atoms with van der Waals surface area (Å²) >= 11 is 0. The summed E-state index contributed by atoms with van der Waals surface area (Å²) in [7, 11) is 0. The van der Waals surface area contributed by atoms with Crippen LogP contribution in [0, 0.1) is 10.1 Å². The van der Waals surface area contributed by atoms with E-state index in [0.717, 1.165) is 5.56 Å². The minimum absolute atomic E-state index is 0.0588. The molecule has 0 saturated carbocycles. The number of carbonyl (C=O) groups excluding carboxylic acids is 1. The molecule has 1 aromatic carbocycles. The van der Waals surface area contributed by atoms with Crippen molar-refractivity contribution in [2.75, 3.05) is 13.4 Å². The van der Waals surface area contributed by atoms with Crippen molar-refractivity contribution in [3.8, 4) is 0 Å². The summed E-state index contributed by atoms with van der Waals surface area (Å²) in [5.74, 6) is 0. The number of rotatable bonds is 7. The van der Waals surface area contributed by atoms with Gasteiger partial charge in [0.2, 0.25) is 0 Å². The van der Waals surface area contributed by atoms with Gasteiger partial charge in [-0.05, 0) is 12.0 Å². The van der Waals surface area contributed by atoms with Crippen molar-refractivity contribution in [2.45, 2.75) is 6.42 Å². The number of benzene rings is 1. The molecule has 0 atom stereocenters. The van der Waals surface area contributed by atoms with E-state index in [1.54, 1.807) is 12.1 Å². The van der Waals surface area contributed by atoms with Crippen molar-refractivity contribution in [1.82, 2.24) is 0 Å². The quantitative estimate of drug-likeness (QED) is 0.301. The molecule has 0 aliphatic heterocycles. The van der Waals surface area contributed by atoms with Crippen LogP contribution in [0.4, 0.5) is 5.69 Å². The molecule has 0 spiro atoms. The Bertz CT molecular complexity index is 349. The maximum Gasteiger partial charge on any atom is 0.419 e. The van der Waals surface area contributed by atoms with Crippen LogP contribution < -0.4 is 0 Å². The van der Waals surface area contributed by atoms with Crippen LogP contribution in [-0.4, -0.2) is 24.8 Å². The summed E-state index contributed by atoms with van der Waals surface area (Å²) in [6, 6.07) is 6.19. The zero-order valence-corrected chi connectivity index (χ0v) is 8.42. The van der Waals surface area contributed by atoms with Crippen LogP contribution >= 0.6 is 0 Å². The molecule has 1 aromatic rings. The zero-order chi connectivity index (χ0) is 11.8. The van der Waals surface area contributed by atoms with Crippen LogP contribution in [0.3, 0.4) is 0 Å². The predicted molar refractivity (Wildman–Crippen MR) is 54.4 cm³/mol. The van der Waals surface area contributed by atoms with Gasteiger partial charge in [0.1, 0.15) is 0 Å². The van der Waals surface area contributed by atoms with E-state index >= 15 is 0 Å². The van der Waals surface area contributed by atoms with E-state index in [2.05, 4.69) is 4.74 Å². The third kappa shape index (κ3) is 4.05. The van der Waals surface area contributed by atoms with E-state index < -0.39 is 4.92 Å². The van der Waals surface area contributed by atoms with Gasteiger partial charge in [-0.1, -0.05) is 12.1 Å². The van der Waals surface area contributed by atoms with Crippen molar-refractivity contribution < 1.29 is 19.2 Å². The third-order valence-corrected chi connectivity index (χ3v) is 1.88. The Morgan fingerprint density at radius 3 is 2.56 bits per heavy atom. The Morgan fingerprint density at radius 2 is 2.00 bits per heavy atom. The second-order valence-electron chi connectivity index (χ2n) is 2.93. The monoisotopic (exact) mass is 224 g/mol. The first-order valence-corrected chi connectivity index (χ1v) is 4.54. The number of hydrogen-bond donors (Lipinski definition) is 0. The standard InChI is InChI=1S/C10H10NO5/c12-7-16-8-15-6-5-9-1-3-10(4-2-9)11(13)14/h1-4H,5-6,8H2. The molecule has 0 aromatic heterocycles. The molecule has 6 nitrogen and oxygen atoms in total. The Labute approximate surface area is 91.9 Å². The van der Waals surface area contributed by atoms with Crippen LogP contribution in [0.2, 0.25) is 0 Å². The van der Waals surface area contributed by atoms with Gasteiger partial charge in [-0.3, -0.25) is 10.1 Å². The van der Waals surface area contributed by atoms with Gasteiger partial charge < -0.3 is 9.47 Å². The summed E-state index contributed by atoms with van der Waals surface area (Å²) in [4.78, 5) is 19.6.